The summed E-state index contributed by atoms with van der Waals surface area (Å²) in [5.74, 6) is 1.05. The van der Waals surface area contributed by atoms with E-state index >= 15 is 0 Å². The van der Waals surface area contributed by atoms with Gasteiger partial charge in [0.15, 0.2) is 0 Å². The summed E-state index contributed by atoms with van der Waals surface area (Å²) in [6, 6.07) is 0.202. The molecule has 0 aliphatic carbocycles. The van der Waals surface area contributed by atoms with E-state index in [4.69, 9.17) is 0 Å². The number of amides is 1. The molecule has 1 amide bonds. The number of aromatic nitrogens is 3. The molecule has 1 aliphatic rings. The van der Waals surface area contributed by atoms with Crippen molar-refractivity contribution in [2.24, 2.45) is 0 Å². The van der Waals surface area contributed by atoms with Crippen molar-refractivity contribution in [3.05, 3.63) is 11.6 Å². The van der Waals surface area contributed by atoms with Crippen LogP contribution in [0.25, 0.3) is 0 Å². The van der Waals surface area contributed by atoms with Gasteiger partial charge in [-0.3, -0.25) is 9.89 Å². The standard InChI is InChI=1S/C13H23N5O/c1-4-6-11-14-12(16-15-11)13(19)18-8-5-7-17(3)9-10(18)2/h10H,4-9H2,1-3H3,(H,14,15,16). The smallest absolute Gasteiger partial charge is 0.293 e. The molecule has 1 aromatic rings. The number of nitrogens with one attached hydrogen (secondary N) is 1. The highest BCUT2D eigenvalue weighted by Gasteiger charge is 2.27. The van der Waals surface area contributed by atoms with Crippen LogP contribution in [0.5, 0.6) is 0 Å². The first-order valence-electron chi connectivity index (χ1n) is 7.02. The highest BCUT2D eigenvalue weighted by molar-refractivity contribution is 5.90. The molecule has 1 saturated heterocycles. The van der Waals surface area contributed by atoms with Crippen LogP contribution >= 0.6 is 0 Å². The molecule has 1 fully saturated rings. The average molecular weight is 265 g/mol. The second kappa shape index (κ2) is 6.14. The van der Waals surface area contributed by atoms with Gasteiger partial charge in [-0.1, -0.05) is 6.92 Å². The van der Waals surface area contributed by atoms with Crippen LogP contribution in [0.2, 0.25) is 0 Å². The molecule has 1 aromatic heterocycles. The number of aromatic amines is 1. The maximum absolute atomic E-state index is 12.4. The topological polar surface area (TPSA) is 65.1 Å². The molecule has 19 heavy (non-hydrogen) atoms. The van der Waals surface area contributed by atoms with Crippen molar-refractivity contribution < 1.29 is 4.79 Å². The molecule has 6 heteroatoms. The number of hydrogen-bond donors (Lipinski definition) is 1. The Morgan fingerprint density at radius 2 is 2.26 bits per heavy atom. The van der Waals surface area contributed by atoms with Crippen LogP contribution in [-0.2, 0) is 6.42 Å². The van der Waals surface area contributed by atoms with Gasteiger partial charge in [0.1, 0.15) is 5.82 Å². The molecule has 0 spiro atoms. The van der Waals surface area contributed by atoms with Gasteiger partial charge in [-0.25, -0.2) is 4.98 Å². The van der Waals surface area contributed by atoms with Gasteiger partial charge >= 0.3 is 0 Å². The molecule has 106 valence electrons. The molecule has 2 heterocycles. The van der Waals surface area contributed by atoms with E-state index in [0.717, 1.165) is 44.7 Å². The first-order chi connectivity index (χ1) is 9.11. The Bertz CT molecular complexity index is 430. The van der Waals surface area contributed by atoms with E-state index in [1.807, 2.05) is 4.90 Å². The normalized spacial score (nSPS) is 21.4. The van der Waals surface area contributed by atoms with Gasteiger partial charge in [-0.05, 0) is 33.4 Å². The van der Waals surface area contributed by atoms with Crippen molar-refractivity contribution in [2.45, 2.75) is 39.2 Å². The van der Waals surface area contributed by atoms with E-state index in [1.54, 1.807) is 0 Å². The van der Waals surface area contributed by atoms with Crippen LogP contribution in [0.15, 0.2) is 0 Å². The van der Waals surface area contributed by atoms with Crippen molar-refractivity contribution >= 4 is 5.91 Å². The Balaban J connectivity index is 2.08. The van der Waals surface area contributed by atoms with Crippen LogP contribution in [0, 0.1) is 0 Å². The highest BCUT2D eigenvalue weighted by atomic mass is 16.2. The molecule has 0 aromatic carbocycles. The minimum atomic E-state index is -0.0543. The van der Waals surface area contributed by atoms with Crippen molar-refractivity contribution in [3.8, 4) is 0 Å². The monoisotopic (exact) mass is 265 g/mol. The zero-order valence-corrected chi connectivity index (χ0v) is 12.0. The van der Waals surface area contributed by atoms with Crippen LogP contribution in [-0.4, -0.2) is 63.6 Å². The summed E-state index contributed by atoms with van der Waals surface area (Å²) in [5, 5.41) is 6.90. The molecule has 6 nitrogen and oxygen atoms in total. The zero-order valence-electron chi connectivity index (χ0n) is 12.0. The van der Waals surface area contributed by atoms with E-state index in [9.17, 15) is 4.79 Å². The van der Waals surface area contributed by atoms with Crippen molar-refractivity contribution in [1.29, 1.82) is 0 Å². The maximum Gasteiger partial charge on any atom is 0.293 e. The van der Waals surface area contributed by atoms with Gasteiger partial charge in [0.05, 0.1) is 0 Å². The maximum atomic E-state index is 12.4. The van der Waals surface area contributed by atoms with Crippen LogP contribution in [0.4, 0.5) is 0 Å². The average Bonchev–Trinajstić information content (AvgIpc) is 2.75. The predicted molar refractivity (Wildman–Crippen MR) is 73.0 cm³/mol. The molecule has 1 aliphatic heterocycles. The largest absolute Gasteiger partial charge is 0.332 e. The number of aryl methyl sites for hydroxylation is 1. The highest BCUT2D eigenvalue weighted by Crippen LogP contribution is 2.11. The van der Waals surface area contributed by atoms with E-state index in [-0.39, 0.29) is 11.9 Å². The minimum absolute atomic E-state index is 0.0543. The van der Waals surface area contributed by atoms with Gasteiger partial charge in [0.25, 0.3) is 5.91 Å². The molecule has 0 bridgehead atoms. The van der Waals surface area contributed by atoms with Crippen LogP contribution in [0.1, 0.15) is 43.1 Å². The van der Waals surface area contributed by atoms with E-state index in [1.165, 1.54) is 0 Å². The molecule has 0 radical (unpaired) electrons. The summed E-state index contributed by atoms with van der Waals surface area (Å²) >= 11 is 0. The lowest BCUT2D eigenvalue weighted by Gasteiger charge is -2.26. The minimum Gasteiger partial charge on any atom is -0.332 e. The zero-order chi connectivity index (χ0) is 13.8. The predicted octanol–water partition coefficient (Wildman–Crippen LogP) is 0.923. The van der Waals surface area contributed by atoms with Gasteiger partial charge < -0.3 is 9.80 Å². The van der Waals surface area contributed by atoms with Gasteiger partial charge in [0, 0.05) is 25.6 Å². The number of carbonyl (C=O) groups is 1. The summed E-state index contributed by atoms with van der Waals surface area (Å²) in [6.07, 6.45) is 2.82. The number of hydrogen-bond acceptors (Lipinski definition) is 4. The van der Waals surface area contributed by atoms with Crippen molar-refractivity contribution in [3.63, 3.8) is 0 Å². The lowest BCUT2D eigenvalue weighted by atomic mass is 10.2. The first kappa shape index (κ1) is 14.0. The first-order valence-corrected chi connectivity index (χ1v) is 7.02. The summed E-state index contributed by atoms with van der Waals surface area (Å²) in [5.41, 5.74) is 0. The fraction of sp³-hybridized carbons (Fsp3) is 0.769. The fourth-order valence-electron chi connectivity index (χ4n) is 2.54. The molecule has 1 unspecified atom stereocenters. The van der Waals surface area contributed by atoms with Gasteiger partial charge in [-0.2, -0.15) is 0 Å². The van der Waals surface area contributed by atoms with Crippen molar-refractivity contribution in [2.75, 3.05) is 26.7 Å². The second-order valence-corrected chi connectivity index (χ2v) is 5.32. The number of H-pyrrole nitrogens is 1. The number of carbonyl (C=O) groups excluding carboxylic acids is 1. The summed E-state index contributed by atoms with van der Waals surface area (Å²) in [4.78, 5) is 20.9. The number of nitrogens with zero attached hydrogens (tertiary/aromatic N) is 4. The Kier molecular flexibility index (Phi) is 4.52. The van der Waals surface area contributed by atoms with Crippen molar-refractivity contribution in [1.82, 2.24) is 25.0 Å². The Morgan fingerprint density at radius 1 is 1.47 bits per heavy atom. The Morgan fingerprint density at radius 3 is 3.00 bits per heavy atom. The SMILES string of the molecule is CCCc1nc(C(=O)N2CCCN(C)CC2C)n[nH]1. The van der Waals surface area contributed by atoms with Crippen LogP contribution in [0.3, 0.4) is 0 Å². The summed E-state index contributed by atoms with van der Waals surface area (Å²) in [6.45, 7) is 6.87. The molecular weight excluding hydrogens is 242 g/mol. The lowest BCUT2D eigenvalue weighted by molar-refractivity contribution is 0.0684. The quantitative estimate of drug-likeness (QED) is 0.882. The Labute approximate surface area is 114 Å². The number of likely N-dealkylation sites (N-methyl/N-ethyl adjacent to an activating group) is 1. The third-order valence-electron chi connectivity index (χ3n) is 3.52. The Hall–Kier alpha value is -1.43. The molecule has 2 rings (SSSR count). The third-order valence-corrected chi connectivity index (χ3v) is 3.52. The number of rotatable bonds is 3. The fourth-order valence-corrected chi connectivity index (χ4v) is 2.54. The third kappa shape index (κ3) is 3.32. The van der Waals surface area contributed by atoms with E-state index in [2.05, 4.69) is 41.0 Å². The summed E-state index contributed by atoms with van der Waals surface area (Å²) < 4.78 is 0. The van der Waals surface area contributed by atoms with Crippen LogP contribution < -0.4 is 0 Å². The summed E-state index contributed by atoms with van der Waals surface area (Å²) in [7, 11) is 2.09. The molecule has 1 atom stereocenters. The van der Waals surface area contributed by atoms with E-state index in [0.29, 0.717) is 5.82 Å². The molecule has 0 saturated carbocycles. The molecule has 1 N–H and O–H groups in total. The van der Waals surface area contributed by atoms with E-state index < -0.39 is 0 Å². The van der Waals surface area contributed by atoms with Gasteiger partial charge in [0.2, 0.25) is 5.82 Å². The van der Waals surface area contributed by atoms with Gasteiger partial charge in [-0.15, -0.1) is 5.10 Å². The second-order valence-electron chi connectivity index (χ2n) is 5.32. The lowest BCUT2D eigenvalue weighted by Crippen LogP contribution is -2.42. The molecular formula is C13H23N5O.